The number of nitriles is 1. The Hall–Kier alpha value is -3.06. The van der Waals surface area contributed by atoms with Crippen molar-refractivity contribution < 1.29 is 19.0 Å². The molecule has 0 amide bonds. The number of benzene rings is 1. The number of esters is 1. The molecule has 2 rings (SSSR count). The topological polar surface area (TPSA) is 146 Å². The van der Waals surface area contributed by atoms with Crippen LogP contribution in [0.2, 0.25) is 0 Å². The molecule has 0 aliphatic carbocycles. The highest BCUT2D eigenvalue weighted by Crippen LogP contribution is 2.41. The Balaban J connectivity index is 2.55. The van der Waals surface area contributed by atoms with E-state index < -0.39 is 12.1 Å². The number of hydrogen-bond acceptors (Lipinski definition) is 9. The Bertz CT molecular complexity index is 929. The van der Waals surface area contributed by atoms with Gasteiger partial charge in [-0.25, -0.2) is 9.78 Å². The Morgan fingerprint density at radius 2 is 2.00 bits per heavy atom. The molecule has 0 radical (unpaired) electrons. The molecule has 4 N–H and O–H groups in total. The number of nitrogens with zero attached hydrogens (tertiary/aromatic N) is 3. The van der Waals surface area contributed by atoms with Gasteiger partial charge in [0.25, 0.3) is 0 Å². The number of nitrogens with two attached hydrogens (primary N) is 2. The fourth-order valence-corrected chi connectivity index (χ4v) is 2.92. The summed E-state index contributed by atoms with van der Waals surface area (Å²) in [5.74, 6) is 0.0959. The van der Waals surface area contributed by atoms with Gasteiger partial charge in [0.1, 0.15) is 17.5 Å². The summed E-state index contributed by atoms with van der Waals surface area (Å²) in [4.78, 5) is 19.8. The van der Waals surface area contributed by atoms with Crippen LogP contribution in [0.25, 0.3) is 11.3 Å². The summed E-state index contributed by atoms with van der Waals surface area (Å²) in [7, 11) is 0. The van der Waals surface area contributed by atoms with Crippen LogP contribution in [-0.2, 0) is 9.53 Å². The average Bonchev–Trinajstić information content (AvgIpc) is 2.63. The molecule has 10 heteroatoms. The molecule has 0 fully saturated rings. The third kappa shape index (κ3) is 4.61. The quantitative estimate of drug-likeness (QED) is 0.608. The zero-order chi connectivity index (χ0) is 20.8. The van der Waals surface area contributed by atoms with Crippen molar-refractivity contribution in [2.45, 2.75) is 26.9 Å². The van der Waals surface area contributed by atoms with Crippen molar-refractivity contribution in [3.05, 3.63) is 22.2 Å². The number of halogens is 1. The lowest BCUT2D eigenvalue weighted by Crippen LogP contribution is -2.26. The van der Waals surface area contributed by atoms with Gasteiger partial charge >= 0.3 is 5.97 Å². The molecular weight excluding hydrogens is 430 g/mol. The number of aromatic nitrogens is 2. The number of ether oxygens (including phenoxy) is 3. The Morgan fingerprint density at radius 3 is 2.61 bits per heavy atom. The molecule has 1 aromatic carbocycles. The van der Waals surface area contributed by atoms with Crippen LogP contribution in [0, 0.1) is 11.3 Å². The minimum absolute atomic E-state index is 0.0182. The van der Waals surface area contributed by atoms with E-state index >= 15 is 0 Å². The van der Waals surface area contributed by atoms with Crippen LogP contribution >= 0.6 is 15.9 Å². The molecule has 0 spiro atoms. The molecule has 1 aromatic heterocycles. The molecule has 148 valence electrons. The summed E-state index contributed by atoms with van der Waals surface area (Å²) in [5, 5.41) is 9.41. The lowest BCUT2D eigenvalue weighted by atomic mass is 10.1. The van der Waals surface area contributed by atoms with Gasteiger partial charge in [0.15, 0.2) is 17.6 Å². The third-order valence-corrected chi connectivity index (χ3v) is 4.15. The molecule has 0 saturated carbocycles. The highest BCUT2D eigenvalue weighted by atomic mass is 79.9. The van der Waals surface area contributed by atoms with Crippen LogP contribution in [0.3, 0.4) is 0 Å². The fourth-order valence-electron chi connectivity index (χ4n) is 2.38. The van der Waals surface area contributed by atoms with Crippen molar-refractivity contribution >= 4 is 33.7 Å². The maximum atomic E-state index is 11.9. The number of rotatable bonds is 7. The predicted octanol–water partition coefficient (Wildman–Crippen LogP) is 2.67. The first kappa shape index (κ1) is 21.2. The number of nitrogen functional groups attached to an aromatic ring is 2. The molecule has 1 unspecified atom stereocenters. The second kappa shape index (κ2) is 9.23. The van der Waals surface area contributed by atoms with Crippen molar-refractivity contribution in [2.24, 2.45) is 0 Å². The third-order valence-electron chi connectivity index (χ3n) is 3.56. The van der Waals surface area contributed by atoms with Gasteiger partial charge in [-0.1, -0.05) is 0 Å². The first-order valence-corrected chi connectivity index (χ1v) is 9.24. The maximum Gasteiger partial charge on any atom is 0.347 e. The van der Waals surface area contributed by atoms with E-state index in [0.717, 1.165) is 0 Å². The first-order chi connectivity index (χ1) is 13.3. The Kier molecular flexibility index (Phi) is 7.00. The van der Waals surface area contributed by atoms with E-state index in [9.17, 15) is 10.1 Å². The minimum Gasteiger partial charge on any atom is -0.490 e. The van der Waals surface area contributed by atoms with Crippen LogP contribution < -0.4 is 20.9 Å². The van der Waals surface area contributed by atoms with Gasteiger partial charge < -0.3 is 25.7 Å². The molecule has 9 nitrogen and oxygen atoms in total. The van der Waals surface area contributed by atoms with E-state index in [2.05, 4.69) is 25.9 Å². The standard InChI is InChI=1S/C18H20BrN5O4/c1-4-26-13-7-10(14-11(8-20)16(21)24-18(22)23-14)6-12(19)15(13)28-9(3)17(25)27-5-2/h6-7,9H,4-5H2,1-3H3,(H4,21,22,23,24). The van der Waals surface area contributed by atoms with Gasteiger partial charge in [-0.2, -0.15) is 10.2 Å². The number of hydrogen-bond donors (Lipinski definition) is 2. The summed E-state index contributed by atoms with van der Waals surface area (Å²) < 4.78 is 16.9. The van der Waals surface area contributed by atoms with E-state index in [-0.39, 0.29) is 29.6 Å². The molecule has 0 saturated heterocycles. The van der Waals surface area contributed by atoms with Crippen molar-refractivity contribution in [2.75, 3.05) is 24.7 Å². The summed E-state index contributed by atoms with van der Waals surface area (Å²) in [6.07, 6.45) is -0.846. The van der Waals surface area contributed by atoms with Crippen LogP contribution in [-0.4, -0.2) is 35.3 Å². The monoisotopic (exact) mass is 449 g/mol. The van der Waals surface area contributed by atoms with Crippen molar-refractivity contribution in [3.63, 3.8) is 0 Å². The lowest BCUT2D eigenvalue weighted by Gasteiger charge is -2.19. The predicted molar refractivity (Wildman–Crippen MR) is 107 cm³/mol. The second-order valence-electron chi connectivity index (χ2n) is 5.53. The molecular formula is C18H20BrN5O4. The normalized spacial score (nSPS) is 11.4. The molecule has 1 heterocycles. The molecule has 0 bridgehead atoms. The zero-order valence-electron chi connectivity index (χ0n) is 15.7. The van der Waals surface area contributed by atoms with Crippen LogP contribution in [0.15, 0.2) is 16.6 Å². The summed E-state index contributed by atoms with van der Waals surface area (Å²) in [5.41, 5.74) is 12.3. The summed E-state index contributed by atoms with van der Waals surface area (Å²) in [6.45, 7) is 5.69. The average molecular weight is 450 g/mol. The maximum absolute atomic E-state index is 11.9. The van der Waals surface area contributed by atoms with Gasteiger partial charge in [-0.3, -0.25) is 0 Å². The summed E-state index contributed by atoms with van der Waals surface area (Å²) in [6, 6.07) is 5.28. The van der Waals surface area contributed by atoms with Gasteiger partial charge in [-0.15, -0.1) is 0 Å². The SMILES string of the molecule is CCOC(=O)C(C)Oc1c(Br)cc(-c2nc(N)nc(N)c2C#N)cc1OCC. The first-order valence-electron chi connectivity index (χ1n) is 8.45. The molecule has 1 atom stereocenters. The summed E-state index contributed by atoms with van der Waals surface area (Å²) >= 11 is 3.42. The van der Waals surface area contributed by atoms with E-state index in [1.165, 1.54) is 0 Å². The minimum atomic E-state index is -0.846. The van der Waals surface area contributed by atoms with E-state index in [0.29, 0.717) is 28.1 Å². The molecule has 2 aromatic rings. The largest absolute Gasteiger partial charge is 0.490 e. The number of carbonyl (C=O) groups is 1. The Morgan fingerprint density at radius 1 is 1.29 bits per heavy atom. The van der Waals surface area contributed by atoms with Crippen molar-refractivity contribution in [1.82, 2.24) is 9.97 Å². The fraction of sp³-hybridized carbons (Fsp3) is 0.333. The van der Waals surface area contributed by atoms with Gasteiger partial charge in [0, 0.05) is 5.56 Å². The highest BCUT2D eigenvalue weighted by Gasteiger charge is 2.23. The highest BCUT2D eigenvalue weighted by molar-refractivity contribution is 9.10. The van der Waals surface area contributed by atoms with Crippen LogP contribution in [0.1, 0.15) is 26.3 Å². The van der Waals surface area contributed by atoms with Crippen molar-refractivity contribution in [3.8, 4) is 28.8 Å². The van der Waals surface area contributed by atoms with E-state index in [4.69, 9.17) is 25.7 Å². The number of anilines is 2. The zero-order valence-corrected chi connectivity index (χ0v) is 17.2. The van der Waals surface area contributed by atoms with Gasteiger partial charge in [0.2, 0.25) is 5.95 Å². The lowest BCUT2D eigenvalue weighted by molar-refractivity contribution is -0.150. The smallest absolute Gasteiger partial charge is 0.347 e. The van der Waals surface area contributed by atoms with Crippen LogP contribution in [0.5, 0.6) is 11.5 Å². The van der Waals surface area contributed by atoms with E-state index in [1.807, 2.05) is 6.07 Å². The molecule has 0 aliphatic heterocycles. The van der Waals surface area contributed by atoms with E-state index in [1.54, 1.807) is 32.9 Å². The molecule has 0 aliphatic rings. The van der Waals surface area contributed by atoms with Crippen molar-refractivity contribution in [1.29, 1.82) is 5.26 Å². The second-order valence-corrected chi connectivity index (χ2v) is 6.39. The van der Waals surface area contributed by atoms with Gasteiger partial charge in [-0.05, 0) is 48.8 Å². The molecule has 28 heavy (non-hydrogen) atoms. The van der Waals surface area contributed by atoms with Gasteiger partial charge in [0.05, 0.1) is 23.4 Å². The number of carbonyl (C=O) groups excluding carboxylic acids is 1. The Labute approximate surface area is 170 Å². The van der Waals surface area contributed by atoms with Crippen LogP contribution in [0.4, 0.5) is 11.8 Å².